The lowest BCUT2D eigenvalue weighted by Crippen LogP contribution is -2.14. The molecule has 0 saturated carbocycles. The van der Waals surface area contributed by atoms with E-state index >= 15 is 0 Å². The first kappa shape index (κ1) is 17.4. The van der Waals surface area contributed by atoms with Crippen LogP contribution in [0.3, 0.4) is 0 Å². The average Bonchev–Trinajstić information content (AvgIpc) is 3.12. The molecule has 1 aromatic heterocycles. The van der Waals surface area contributed by atoms with Gasteiger partial charge in [-0.3, -0.25) is 4.72 Å². The summed E-state index contributed by atoms with van der Waals surface area (Å²) in [5.41, 5.74) is 4.43. The van der Waals surface area contributed by atoms with Crippen LogP contribution in [0.1, 0.15) is 12.5 Å². The van der Waals surface area contributed by atoms with E-state index in [0.29, 0.717) is 17.0 Å². The normalized spacial score (nSPS) is 11.6. The van der Waals surface area contributed by atoms with Crippen molar-refractivity contribution in [3.8, 4) is 11.3 Å². The summed E-state index contributed by atoms with van der Waals surface area (Å²) in [5.74, 6) is 0. The zero-order valence-corrected chi connectivity index (χ0v) is 15.8. The molecule has 0 saturated heterocycles. The van der Waals surface area contributed by atoms with Crippen LogP contribution < -0.4 is 4.72 Å². The predicted molar refractivity (Wildman–Crippen MR) is 110 cm³/mol. The van der Waals surface area contributed by atoms with E-state index in [2.05, 4.69) is 21.8 Å². The average molecular weight is 376 g/mol. The van der Waals surface area contributed by atoms with Gasteiger partial charge < -0.3 is 4.98 Å². The third-order valence-corrected chi connectivity index (χ3v) is 6.10. The number of anilines is 1. The van der Waals surface area contributed by atoms with Crippen LogP contribution in [-0.2, 0) is 16.4 Å². The summed E-state index contributed by atoms with van der Waals surface area (Å²) >= 11 is 0. The highest BCUT2D eigenvalue weighted by atomic mass is 32.2. The summed E-state index contributed by atoms with van der Waals surface area (Å²) in [5, 5.41) is 1.15. The van der Waals surface area contributed by atoms with E-state index < -0.39 is 10.0 Å². The highest BCUT2D eigenvalue weighted by Gasteiger charge is 2.17. The van der Waals surface area contributed by atoms with Crippen molar-refractivity contribution in [2.45, 2.75) is 18.2 Å². The highest BCUT2D eigenvalue weighted by molar-refractivity contribution is 7.92. The maximum Gasteiger partial charge on any atom is 0.262 e. The molecule has 0 aliphatic rings. The van der Waals surface area contributed by atoms with Crippen LogP contribution in [0.2, 0.25) is 0 Å². The third-order valence-electron chi connectivity index (χ3n) is 4.62. The molecule has 4 rings (SSSR count). The Kier molecular flexibility index (Phi) is 4.46. The lowest BCUT2D eigenvalue weighted by molar-refractivity contribution is 0.600. The molecule has 0 spiro atoms. The van der Waals surface area contributed by atoms with E-state index in [1.54, 1.807) is 24.3 Å². The van der Waals surface area contributed by atoms with E-state index in [-0.39, 0.29) is 0 Å². The van der Waals surface area contributed by atoms with Gasteiger partial charge >= 0.3 is 0 Å². The molecule has 27 heavy (non-hydrogen) atoms. The Morgan fingerprint density at radius 2 is 1.59 bits per heavy atom. The molecular weight excluding hydrogens is 356 g/mol. The summed E-state index contributed by atoms with van der Waals surface area (Å²) < 4.78 is 28.1. The molecular formula is C22H20N2O2S. The third kappa shape index (κ3) is 3.46. The van der Waals surface area contributed by atoms with Crippen LogP contribution in [0.4, 0.5) is 5.69 Å². The van der Waals surface area contributed by atoms with Crippen LogP contribution >= 0.6 is 0 Å². The lowest BCUT2D eigenvalue weighted by atomic mass is 10.1. The van der Waals surface area contributed by atoms with Gasteiger partial charge in [0.1, 0.15) is 0 Å². The zero-order valence-electron chi connectivity index (χ0n) is 14.9. The van der Waals surface area contributed by atoms with Gasteiger partial charge in [0.25, 0.3) is 10.0 Å². The summed E-state index contributed by atoms with van der Waals surface area (Å²) in [6.45, 7) is 1.95. The number of fused-ring (bicyclic) bond motifs is 1. The van der Waals surface area contributed by atoms with Crippen molar-refractivity contribution in [1.29, 1.82) is 0 Å². The first-order valence-electron chi connectivity index (χ1n) is 8.86. The number of rotatable bonds is 5. The van der Waals surface area contributed by atoms with Crippen molar-refractivity contribution in [1.82, 2.24) is 4.98 Å². The topological polar surface area (TPSA) is 62.0 Å². The Morgan fingerprint density at radius 3 is 2.33 bits per heavy atom. The maximum absolute atomic E-state index is 12.7. The Bertz CT molecular complexity index is 1160. The van der Waals surface area contributed by atoms with Crippen LogP contribution in [0.5, 0.6) is 0 Å². The van der Waals surface area contributed by atoms with E-state index in [1.165, 1.54) is 0 Å². The minimum Gasteiger partial charge on any atom is -0.355 e. The van der Waals surface area contributed by atoms with Crippen LogP contribution in [0.25, 0.3) is 22.2 Å². The molecule has 0 bridgehead atoms. The molecule has 4 nitrogen and oxygen atoms in total. The van der Waals surface area contributed by atoms with Crippen molar-refractivity contribution < 1.29 is 8.42 Å². The monoisotopic (exact) mass is 376 g/mol. The maximum atomic E-state index is 12.7. The Balaban J connectivity index is 1.60. The number of sulfonamides is 1. The first-order chi connectivity index (χ1) is 13.1. The second kappa shape index (κ2) is 6.93. The summed E-state index contributed by atoms with van der Waals surface area (Å²) in [7, 11) is -3.61. The highest BCUT2D eigenvalue weighted by Crippen LogP contribution is 2.26. The van der Waals surface area contributed by atoms with E-state index in [0.717, 1.165) is 27.7 Å². The van der Waals surface area contributed by atoms with Crippen LogP contribution in [0, 0.1) is 0 Å². The number of aromatic amines is 1. The van der Waals surface area contributed by atoms with Crippen molar-refractivity contribution in [3.63, 3.8) is 0 Å². The smallest absolute Gasteiger partial charge is 0.262 e. The van der Waals surface area contributed by atoms with Crippen molar-refractivity contribution >= 4 is 26.6 Å². The van der Waals surface area contributed by atoms with Crippen molar-refractivity contribution in [2.75, 3.05) is 4.72 Å². The minimum absolute atomic E-state index is 0.326. The molecule has 1 heterocycles. The van der Waals surface area contributed by atoms with Gasteiger partial charge in [0.2, 0.25) is 0 Å². The fraction of sp³-hybridized carbons (Fsp3) is 0.0909. The quantitative estimate of drug-likeness (QED) is 0.503. The number of aromatic nitrogens is 1. The number of hydrogen-bond acceptors (Lipinski definition) is 2. The molecule has 5 heteroatoms. The second-order valence-corrected chi connectivity index (χ2v) is 8.07. The molecule has 3 aromatic carbocycles. The number of aryl methyl sites for hydroxylation is 1. The Morgan fingerprint density at radius 1 is 0.889 bits per heavy atom. The van der Waals surface area contributed by atoms with E-state index in [4.69, 9.17) is 0 Å². The Hall–Kier alpha value is -3.05. The molecule has 0 fully saturated rings. The van der Waals surface area contributed by atoms with E-state index in [9.17, 15) is 8.42 Å². The lowest BCUT2D eigenvalue weighted by Gasteiger charge is -2.11. The van der Waals surface area contributed by atoms with Gasteiger partial charge in [-0.25, -0.2) is 8.42 Å². The van der Waals surface area contributed by atoms with Gasteiger partial charge in [-0.2, -0.15) is 0 Å². The molecule has 0 aliphatic heterocycles. The van der Waals surface area contributed by atoms with Crippen LogP contribution in [0.15, 0.2) is 83.8 Å². The first-order valence-corrected chi connectivity index (χ1v) is 10.3. The number of nitrogens with one attached hydrogen (secondary N) is 2. The standard InChI is InChI=1S/C22H20N2O2S/c1-2-16-7-4-6-10-22(16)27(25,26)24-19-13-11-17(12-14-19)21-15-18-8-3-5-9-20(18)23-21/h3-15,23-24H,2H2,1H3. The van der Waals surface area contributed by atoms with Crippen LogP contribution in [-0.4, -0.2) is 13.4 Å². The minimum atomic E-state index is -3.61. The van der Waals surface area contributed by atoms with Gasteiger partial charge in [0, 0.05) is 22.3 Å². The van der Waals surface area contributed by atoms with Crippen molar-refractivity contribution in [2.24, 2.45) is 0 Å². The molecule has 0 aliphatic carbocycles. The van der Waals surface area contributed by atoms with Gasteiger partial charge in [-0.15, -0.1) is 0 Å². The van der Waals surface area contributed by atoms with E-state index in [1.807, 2.05) is 49.4 Å². The van der Waals surface area contributed by atoms with Gasteiger partial charge in [0.15, 0.2) is 0 Å². The fourth-order valence-electron chi connectivity index (χ4n) is 3.21. The van der Waals surface area contributed by atoms with Crippen molar-refractivity contribution in [3.05, 3.63) is 84.4 Å². The molecule has 0 radical (unpaired) electrons. The SMILES string of the molecule is CCc1ccccc1S(=O)(=O)Nc1ccc(-c2cc3ccccc3[nH]2)cc1. The number of para-hydroxylation sites is 1. The molecule has 0 atom stereocenters. The van der Waals surface area contributed by atoms with Gasteiger partial charge in [-0.05, 0) is 47.9 Å². The fourth-order valence-corrected chi connectivity index (χ4v) is 4.59. The second-order valence-electron chi connectivity index (χ2n) is 6.41. The molecule has 136 valence electrons. The number of hydrogen-bond donors (Lipinski definition) is 2. The number of H-pyrrole nitrogens is 1. The summed E-state index contributed by atoms with van der Waals surface area (Å²) in [4.78, 5) is 3.71. The molecule has 2 N–H and O–H groups in total. The molecule has 4 aromatic rings. The largest absolute Gasteiger partial charge is 0.355 e. The zero-order chi connectivity index (χ0) is 18.9. The summed E-state index contributed by atoms with van der Waals surface area (Å²) in [6, 6.07) is 24.7. The molecule has 0 amide bonds. The predicted octanol–water partition coefficient (Wildman–Crippen LogP) is 5.20. The number of benzene rings is 3. The van der Waals surface area contributed by atoms with Gasteiger partial charge in [0.05, 0.1) is 4.90 Å². The molecule has 0 unspecified atom stereocenters. The summed E-state index contributed by atoms with van der Waals surface area (Å²) in [6.07, 6.45) is 0.663. The Labute approximate surface area is 158 Å². The van der Waals surface area contributed by atoms with Gasteiger partial charge in [-0.1, -0.05) is 55.5 Å².